The number of hydrogen-bond acceptors (Lipinski definition) is 8. The maximum absolute atomic E-state index is 12.6. The second-order valence-corrected chi connectivity index (χ2v) is 9.76. The topological polar surface area (TPSA) is 180 Å². The highest BCUT2D eigenvalue weighted by atomic mass is 32.5. The maximum Gasteiger partial charge on any atom is 0.321 e. The third-order valence-corrected chi connectivity index (χ3v) is 5.71. The smallest absolute Gasteiger partial charge is 0.321 e. The molecule has 166 valence electrons. The molecular weight excluding hydrogens is 449 g/mol. The molecule has 31 heavy (non-hydrogen) atoms. The van der Waals surface area contributed by atoms with Crippen molar-refractivity contribution in [1.82, 2.24) is 14.5 Å². The molecule has 3 heterocycles. The van der Waals surface area contributed by atoms with Crippen molar-refractivity contribution in [2.45, 2.75) is 31.1 Å². The number of nitrogens with one attached hydrogen (secondary N) is 1. The summed E-state index contributed by atoms with van der Waals surface area (Å²) in [6.07, 6.45) is -3.54. The number of aliphatic hydroxyl groups excluding tert-OH is 2. The number of rotatable bonds is 6. The van der Waals surface area contributed by atoms with Crippen molar-refractivity contribution in [1.29, 1.82) is 0 Å². The van der Waals surface area contributed by atoms with Gasteiger partial charge in [0.25, 0.3) is 11.5 Å². The molecular formula is C17H21N5O7PS+. The second-order valence-electron chi connectivity index (χ2n) is 7.09. The predicted octanol–water partition coefficient (Wildman–Crippen LogP) is -1.51. The van der Waals surface area contributed by atoms with Crippen LogP contribution >= 0.6 is 6.72 Å². The Hall–Kier alpha value is -2.22. The number of aromatic amines is 1. The Labute approximate surface area is 180 Å². The highest BCUT2D eigenvalue weighted by molar-refractivity contribution is 8.06. The fourth-order valence-electron chi connectivity index (χ4n) is 3.53. The molecule has 1 aliphatic heterocycles. The minimum Gasteiger partial charge on any atom is -0.387 e. The fourth-order valence-corrected chi connectivity index (χ4v) is 4.05. The molecule has 0 saturated carbocycles. The Kier molecular flexibility index (Phi) is 5.94. The summed E-state index contributed by atoms with van der Waals surface area (Å²) >= 11 is 4.40. The van der Waals surface area contributed by atoms with E-state index in [1.807, 2.05) is 30.3 Å². The van der Waals surface area contributed by atoms with Gasteiger partial charge in [0.05, 0.1) is 13.2 Å². The molecule has 1 aliphatic rings. The number of nitrogens with zero attached hydrogens (tertiary/aromatic N) is 3. The number of benzene rings is 1. The molecule has 0 radical (unpaired) electrons. The number of anilines is 1. The average Bonchev–Trinajstić information content (AvgIpc) is 3.18. The van der Waals surface area contributed by atoms with Crippen molar-refractivity contribution in [3.8, 4) is 0 Å². The van der Waals surface area contributed by atoms with Gasteiger partial charge in [-0.2, -0.15) is 0 Å². The third-order valence-electron chi connectivity index (χ3n) is 4.90. The van der Waals surface area contributed by atoms with Crippen LogP contribution in [0.2, 0.25) is 0 Å². The van der Waals surface area contributed by atoms with Crippen molar-refractivity contribution < 1.29 is 33.8 Å². The highest BCUT2D eigenvalue weighted by Gasteiger charge is 2.47. The summed E-state index contributed by atoms with van der Waals surface area (Å²) in [7, 11) is 0. The van der Waals surface area contributed by atoms with Gasteiger partial charge >= 0.3 is 12.4 Å². The number of nitrogen functional groups attached to an aromatic ring is 1. The van der Waals surface area contributed by atoms with E-state index in [-0.39, 0.29) is 17.1 Å². The number of nitrogens with two attached hydrogens (primary N) is 1. The second kappa shape index (κ2) is 8.37. The van der Waals surface area contributed by atoms with Gasteiger partial charge in [0, 0.05) is 0 Å². The van der Waals surface area contributed by atoms with Gasteiger partial charge < -0.3 is 35.0 Å². The molecule has 0 aliphatic carbocycles. The summed E-state index contributed by atoms with van der Waals surface area (Å²) in [6, 6.07) is 9.38. The lowest BCUT2D eigenvalue weighted by Gasteiger charge is -2.15. The largest absolute Gasteiger partial charge is 0.387 e. The number of aliphatic hydroxyl groups is 2. The number of ether oxygens (including phenoxy) is 1. The molecule has 0 unspecified atom stereocenters. The van der Waals surface area contributed by atoms with Gasteiger partial charge in [0.1, 0.15) is 18.3 Å². The molecule has 1 aromatic carbocycles. The van der Waals surface area contributed by atoms with E-state index in [2.05, 4.69) is 21.8 Å². The monoisotopic (exact) mass is 470 g/mol. The van der Waals surface area contributed by atoms with Gasteiger partial charge in [-0.25, -0.2) is 4.57 Å². The average molecular weight is 470 g/mol. The Morgan fingerprint density at radius 2 is 2.00 bits per heavy atom. The summed E-state index contributed by atoms with van der Waals surface area (Å²) in [6.45, 7) is -4.09. The van der Waals surface area contributed by atoms with E-state index in [4.69, 9.17) is 15.0 Å². The minimum absolute atomic E-state index is 0.127. The molecule has 1 fully saturated rings. The van der Waals surface area contributed by atoms with E-state index < -0.39 is 43.4 Å². The van der Waals surface area contributed by atoms with E-state index in [9.17, 15) is 24.8 Å². The van der Waals surface area contributed by atoms with Gasteiger partial charge in [-0.3, -0.25) is 14.3 Å². The molecule has 4 rings (SSSR count). The van der Waals surface area contributed by atoms with Gasteiger partial charge in [-0.05, 0) is 17.4 Å². The van der Waals surface area contributed by atoms with Gasteiger partial charge in [-0.1, -0.05) is 35.3 Å². The van der Waals surface area contributed by atoms with Crippen LogP contribution in [0.5, 0.6) is 0 Å². The molecule has 3 aromatic rings. The minimum atomic E-state index is -3.97. The standard InChI is InChI=1S/C17H20N5O7PS/c18-17-19-14-11(15(25)20-17)21(6-9-4-2-1-3-5-9)8-22(14)16-13(24)12(23)10(29-16)7-28-30(26,27)31/h1-5,8,10,12-13,16,23-24H,6-7H2,(H4-,18,19,20,25,26,27,31)/p+1/t10-,12-,13-,16-/m1/s1. The van der Waals surface area contributed by atoms with Gasteiger partial charge in [0.2, 0.25) is 11.7 Å². The first-order valence-corrected chi connectivity index (χ1v) is 11.8. The van der Waals surface area contributed by atoms with E-state index in [0.717, 1.165) is 5.56 Å². The van der Waals surface area contributed by atoms with Crippen molar-refractivity contribution in [3.05, 3.63) is 52.6 Å². The van der Waals surface area contributed by atoms with Crippen molar-refractivity contribution >= 4 is 35.6 Å². The number of aromatic nitrogens is 4. The van der Waals surface area contributed by atoms with E-state index in [1.54, 1.807) is 4.57 Å². The van der Waals surface area contributed by atoms with Crippen LogP contribution in [0.4, 0.5) is 5.95 Å². The normalized spacial score (nSPS) is 24.1. The van der Waals surface area contributed by atoms with Crippen LogP contribution < -0.4 is 15.9 Å². The lowest BCUT2D eigenvalue weighted by atomic mass is 10.1. The molecule has 14 heteroatoms. The van der Waals surface area contributed by atoms with Crippen LogP contribution in [0.3, 0.4) is 0 Å². The first kappa shape index (κ1) is 22.0. The van der Waals surface area contributed by atoms with E-state index in [0.29, 0.717) is 6.54 Å². The quantitative estimate of drug-likeness (QED) is 0.183. The lowest BCUT2D eigenvalue weighted by Crippen LogP contribution is -2.46. The van der Waals surface area contributed by atoms with Gasteiger partial charge in [-0.15, -0.1) is 0 Å². The third kappa shape index (κ3) is 4.54. The zero-order chi connectivity index (χ0) is 22.3. The number of H-pyrrole nitrogens is 1. The molecule has 0 spiro atoms. The van der Waals surface area contributed by atoms with Crippen LogP contribution in [-0.2, 0) is 27.6 Å². The Balaban J connectivity index is 1.73. The van der Waals surface area contributed by atoms with Crippen LogP contribution in [0, 0.1) is 0 Å². The number of imidazole rings is 1. The molecule has 0 bridgehead atoms. The number of fused-ring (bicyclic) bond motifs is 1. The Morgan fingerprint density at radius 1 is 1.29 bits per heavy atom. The summed E-state index contributed by atoms with van der Waals surface area (Å²) in [5, 5.41) is 20.9. The fraction of sp³-hybridized carbons (Fsp3) is 0.353. The van der Waals surface area contributed by atoms with Crippen LogP contribution in [0.15, 0.2) is 41.5 Å². The first-order valence-electron chi connectivity index (χ1n) is 9.19. The van der Waals surface area contributed by atoms with E-state index in [1.165, 1.54) is 10.9 Å². The zero-order valence-corrected chi connectivity index (χ0v) is 17.7. The molecule has 7 N–H and O–H groups in total. The molecule has 4 atom stereocenters. The summed E-state index contributed by atoms with van der Waals surface area (Å²) in [4.78, 5) is 37.7. The first-order chi connectivity index (χ1) is 14.6. The van der Waals surface area contributed by atoms with Crippen molar-refractivity contribution in [2.75, 3.05) is 12.3 Å². The van der Waals surface area contributed by atoms with Crippen LogP contribution in [0.1, 0.15) is 11.8 Å². The Bertz CT molecular complexity index is 1200. The molecule has 2 aromatic heterocycles. The number of hydrogen-bond donors (Lipinski definition) is 6. The van der Waals surface area contributed by atoms with Crippen LogP contribution in [0.25, 0.3) is 11.2 Å². The van der Waals surface area contributed by atoms with Crippen molar-refractivity contribution in [2.24, 2.45) is 0 Å². The SMILES string of the molecule is Nc1nc2c(c(=O)[nH]1)n(Cc1ccccc1)c[n+]2[C@@H]1O[C@H](COP(O)(O)=S)[C@@H](O)[C@H]1O. The predicted molar refractivity (Wildman–Crippen MR) is 111 cm³/mol. The zero-order valence-electron chi connectivity index (χ0n) is 16.0. The highest BCUT2D eigenvalue weighted by Crippen LogP contribution is 2.38. The van der Waals surface area contributed by atoms with E-state index >= 15 is 0 Å². The molecule has 1 saturated heterocycles. The summed E-state index contributed by atoms with van der Waals surface area (Å²) in [5.41, 5.74) is 6.49. The van der Waals surface area contributed by atoms with Crippen LogP contribution in [-0.4, -0.2) is 59.5 Å². The summed E-state index contributed by atoms with van der Waals surface area (Å²) < 4.78 is 13.5. The summed E-state index contributed by atoms with van der Waals surface area (Å²) in [5.74, 6) is -0.127. The van der Waals surface area contributed by atoms with Crippen molar-refractivity contribution in [3.63, 3.8) is 0 Å². The molecule has 12 nitrogen and oxygen atoms in total. The van der Waals surface area contributed by atoms with Gasteiger partial charge in [0.15, 0.2) is 6.33 Å². The Morgan fingerprint density at radius 3 is 2.68 bits per heavy atom. The lowest BCUT2D eigenvalue weighted by molar-refractivity contribution is -0.745. The maximum atomic E-state index is 12.6. The molecule has 0 amide bonds.